The van der Waals surface area contributed by atoms with Crippen molar-refractivity contribution >= 4 is 29.6 Å². The van der Waals surface area contributed by atoms with Crippen LogP contribution in [0.25, 0.3) is 0 Å². The molecule has 1 aliphatic rings. The fourth-order valence-electron chi connectivity index (χ4n) is 2.33. The predicted molar refractivity (Wildman–Crippen MR) is 88.6 cm³/mol. The Morgan fingerprint density at radius 1 is 1.12 bits per heavy atom. The first-order valence-electron chi connectivity index (χ1n) is 7.77. The molecule has 8 nitrogen and oxygen atoms in total. The van der Waals surface area contributed by atoms with Crippen LogP contribution < -0.4 is 0 Å². The lowest BCUT2D eigenvalue weighted by Crippen LogP contribution is -2.51. The number of ether oxygens (including phenoxy) is 2. The van der Waals surface area contributed by atoms with Gasteiger partial charge in [-0.05, 0) is 25.1 Å². The molecule has 2 rings (SSSR count). The van der Waals surface area contributed by atoms with E-state index in [0.717, 1.165) is 0 Å². The average molecular weight is 371 g/mol. The highest BCUT2D eigenvalue weighted by molar-refractivity contribution is 6.30. The van der Waals surface area contributed by atoms with Gasteiger partial charge in [0.15, 0.2) is 6.61 Å². The summed E-state index contributed by atoms with van der Waals surface area (Å²) in [6.45, 7) is 2.96. The number of nitrogens with zero attached hydrogens (tertiary/aromatic N) is 2. The van der Waals surface area contributed by atoms with E-state index >= 15 is 0 Å². The zero-order valence-electron chi connectivity index (χ0n) is 13.7. The van der Waals surface area contributed by atoms with E-state index in [1.165, 1.54) is 28.0 Å². The number of halogens is 1. The summed E-state index contributed by atoms with van der Waals surface area (Å²) in [7, 11) is 0. The third-order valence-electron chi connectivity index (χ3n) is 3.66. The SMILES string of the molecule is CCOC(=O)N1CCN(C(=O)COC(=O)c2ccc(Cl)cc2O)CC1. The standard InChI is InChI=1S/C16H19ClN2O6/c1-2-24-16(23)19-7-5-18(6-8-19)14(21)10-25-15(22)12-4-3-11(17)9-13(12)20/h3-4,9,20H,2,5-8,10H2,1H3. The van der Waals surface area contributed by atoms with Crippen LogP contribution in [0.5, 0.6) is 5.75 Å². The number of hydrogen-bond donors (Lipinski definition) is 1. The van der Waals surface area contributed by atoms with E-state index < -0.39 is 18.7 Å². The van der Waals surface area contributed by atoms with Gasteiger partial charge < -0.3 is 24.4 Å². The average Bonchev–Trinajstić information content (AvgIpc) is 2.59. The first kappa shape index (κ1) is 18.9. The number of piperazine rings is 1. The van der Waals surface area contributed by atoms with Crippen molar-refractivity contribution in [3.8, 4) is 5.75 Å². The molecule has 2 amide bonds. The van der Waals surface area contributed by atoms with Gasteiger partial charge in [-0.2, -0.15) is 0 Å². The molecule has 1 N–H and O–H groups in total. The van der Waals surface area contributed by atoms with Crippen LogP contribution >= 0.6 is 11.6 Å². The van der Waals surface area contributed by atoms with Crippen molar-refractivity contribution in [1.29, 1.82) is 0 Å². The number of phenols is 1. The van der Waals surface area contributed by atoms with Crippen LogP contribution in [0.15, 0.2) is 18.2 Å². The van der Waals surface area contributed by atoms with Crippen molar-refractivity contribution in [2.45, 2.75) is 6.92 Å². The minimum absolute atomic E-state index is 0.0654. The Morgan fingerprint density at radius 3 is 2.36 bits per heavy atom. The number of carbonyl (C=O) groups excluding carboxylic acids is 3. The molecule has 0 aromatic heterocycles. The highest BCUT2D eigenvalue weighted by Gasteiger charge is 2.25. The molecule has 0 spiro atoms. The Kier molecular flexibility index (Phi) is 6.46. The molecule has 0 unspecified atom stereocenters. The first-order chi connectivity index (χ1) is 11.9. The van der Waals surface area contributed by atoms with Crippen LogP contribution in [-0.4, -0.2) is 72.3 Å². The minimum atomic E-state index is -0.812. The summed E-state index contributed by atoms with van der Waals surface area (Å²) in [6, 6.07) is 3.98. The van der Waals surface area contributed by atoms with Gasteiger partial charge in [0, 0.05) is 31.2 Å². The number of hydrogen-bond acceptors (Lipinski definition) is 6. The van der Waals surface area contributed by atoms with Gasteiger partial charge in [-0.25, -0.2) is 9.59 Å². The molecule has 0 radical (unpaired) electrons. The largest absolute Gasteiger partial charge is 0.507 e. The van der Waals surface area contributed by atoms with Gasteiger partial charge in [-0.15, -0.1) is 0 Å². The Hall–Kier alpha value is -2.48. The molecule has 1 saturated heterocycles. The number of phenolic OH excluding ortho intramolecular Hbond substituents is 1. The van der Waals surface area contributed by atoms with Crippen LogP contribution in [0.3, 0.4) is 0 Å². The molecule has 9 heteroatoms. The maximum atomic E-state index is 12.1. The summed E-state index contributed by atoms with van der Waals surface area (Å²) in [5.41, 5.74) is -0.0654. The molecule has 25 heavy (non-hydrogen) atoms. The van der Waals surface area contributed by atoms with E-state index in [-0.39, 0.29) is 22.2 Å². The van der Waals surface area contributed by atoms with Gasteiger partial charge >= 0.3 is 12.1 Å². The quantitative estimate of drug-likeness (QED) is 0.807. The lowest BCUT2D eigenvalue weighted by Gasteiger charge is -2.33. The molecule has 1 fully saturated rings. The third-order valence-corrected chi connectivity index (χ3v) is 3.90. The number of aromatic hydroxyl groups is 1. The Balaban J connectivity index is 1.81. The summed E-state index contributed by atoms with van der Waals surface area (Å²) >= 11 is 5.69. The molecular formula is C16H19ClN2O6. The smallest absolute Gasteiger partial charge is 0.409 e. The third kappa shape index (κ3) is 4.99. The number of benzene rings is 1. The van der Waals surface area contributed by atoms with Gasteiger partial charge in [0.25, 0.3) is 5.91 Å². The second kappa shape index (κ2) is 8.57. The molecule has 1 aromatic rings. The fraction of sp³-hybridized carbons (Fsp3) is 0.438. The number of esters is 1. The summed E-state index contributed by atoms with van der Waals surface area (Å²) in [4.78, 5) is 38.6. The summed E-state index contributed by atoms with van der Waals surface area (Å²) in [5.74, 6) is -1.49. The van der Waals surface area contributed by atoms with Gasteiger partial charge in [0.1, 0.15) is 11.3 Å². The van der Waals surface area contributed by atoms with Crippen LogP contribution in [0.2, 0.25) is 5.02 Å². The minimum Gasteiger partial charge on any atom is -0.507 e. The molecule has 0 atom stereocenters. The van der Waals surface area contributed by atoms with E-state index in [1.807, 2.05) is 0 Å². The maximum Gasteiger partial charge on any atom is 0.409 e. The van der Waals surface area contributed by atoms with Crippen LogP contribution in [0.1, 0.15) is 17.3 Å². The van der Waals surface area contributed by atoms with Gasteiger partial charge in [-0.3, -0.25) is 4.79 Å². The number of carbonyl (C=O) groups is 3. The van der Waals surface area contributed by atoms with E-state index in [4.69, 9.17) is 21.1 Å². The molecule has 0 saturated carbocycles. The van der Waals surface area contributed by atoms with E-state index in [2.05, 4.69) is 0 Å². The van der Waals surface area contributed by atoms with Crippen LogP contribution in [-0.2, 0) is 14.3 Å². The lowest BCUT2D eigenvalue weighted by molar-refractivity contribution is -0.136. The summed E-state index contributed by atoms with van der Waals surface area (Å²) in [5, 5.41) is 9.95. The van der Waals surface area contributed by atoms with E-state index in [0.29, 0.717) is 32.8 Å². The van der Waals surface area contributed by atoms with Crippen LogP contribution in [0, 0.1) is 0 Å². The molecule has 0 aliphatic carbocycles. The van der Waals surface area contributed by atoms with Crippen molar-refractivity contribution in [2.75, 3.05) is 39.4 Å². The molecule has 1 heterocycles. The maximum absolute atomic E-state index is 12.1. The summed E-state index contributed by atoms with van der Waals surface area (Å²) in [6.07, 6.45) is -0.403. The monoisotopic (exact) mass is 370 g/mol. The van der Waals surface area contributed by atoms with E-state index in [9.17, 15) is 19.5 Å². The lowest BCUT2D eigenvalue weighted by atomic mass is 10.2. The highest BCUT2D eigenvalue weighted by atomic mass is 35.5. The van der Waals surface area contributed by atoms with Gasteiger partial charge in [-0.1, -0.05) is 11.6 Å². The van der Waals surface area contributed by atoms with Gasteiger partial charge in [0.2, 0.25) is 0 Å². The zero-order chi connectivity index (χ0) is 18.4. The van der Waals surface area contributed by atoms with Crippen molar-refractivity contribution in [3.63, 3.8) is 0 Å². The summed E-state index contributed by atoms with van der Waals surface area (Å²) < 4.78 is 9.84. The van der Waals surface area contributed by atoms with Crippen molar-refractivity contribution in [1.82, 2.24) is 9.80 Å². The molecule has 1 aliphatic heterocycles. The second-order valence-corrected chi connectivity index (χ2v) is 5.74. The molecule has 136 valence electrons. The zero-order valence-corrected chi connectivity index (χ0v) is 14.5. The number of rotatable bonds is 4. The first-order valence-corrected chi connectivity index (χ1v) is 8.15. The highest BCUT2D eigenvalue weighted by Crippen LogP contribution is 2.22. The van der Waals surface area contributed by atoms with Crippen molar-refractivity contribution in [3.05, 3.63) is 28.8 Å². The molecule has 0 bridgehead atoms. The normalized spacial score (nSPS) is 14.2. The Bertz CT molecular complexity index is 658. The second-order valence-electron chi connectivity index (χ2n) is 5.30. The van der Waals surface area contributed by atoms with Crippen molar-refractivity contribution in [2.24, 2.45) is 0 Å². The predicted octanol–water partition coefficient (Wildman–Crippen LogP) is 1.50. The Morgan fingerprint density at radius 2 is 1.76 bits per heavy atom. The number of amides is 2. The molecule has 1 aromatic carbocycles. The van der Waals surface area contributed by atoms with E-state index in [1.54, 1.807) is 6.92 Å². The Labute approximate surface area is 149 Å². The fourth-order valence-corrected chi connectivity index (χ4v) is 2.49. The van der Waals surface area contributed by atoms with Crippen molar-refractivity contribution < 1.29 is 29.0 Å². The molecular weight excluding hydrogens is 352 g/mol. The van der Waals surface area contributed by atoms with Gasteiger partial charge in [0.05, 0.1) is 6.61 Å². The van der Waals surface area contributed by atoms with Crippen LogP contribution in [0.4, 0.5) is 4.79 Å². The topological polar surface area (TPSA) is 96.4 Å².